The zero-order valence-electron chi connectivity index (χ0n) is 7.55. The molecular formula is C7H15N3O2. The lowest BCUT2D eigenvalue weighted by Crippen LogP contribution is -2.48. The van der Waals surface area contributed by atoms with E-state index in [1.54, 1.807) is 13.8 Å². The Hall–Kier alpha value is -1.10. The van der Waals surface area contributed by atoms with Gasteiger partial charge in [-0.1, -0.05) is 0 Å². The monoisotopic (exact) mass is 173 g/mol. The minimum absolute atomic E-state index is 0.232. The van der Waals surface area contributed by atoms with E-state index in [-0.39, 0.29) is 11.8 Å². The second kappa shape index (κ2) is 4.71. The SMILES string of the molecule is CNC(=O)C(C)NC(=O)[C@@H](C)N. The third kappa shape index (κ3) is 3.34. The van der Waals surface area contributed by atoms with Crippen LogP contribution in [0.15, 0.2) is 0 Å². The average molecular weight is 173 g/mol. The topological polar surface area (TPSA) is 84.2 Å². The summed E-state index contributed by atoms with van der Waals surface area (Å²) in [7, 11) is 1.51. The third-order valence-corrected chi connectivity index (χ3v) is 1.41. The lowest BCUT2D eigenvalue weighted by atomic mass is 10.2. The number of amides is 2. The molecule has 0 rings (SSSR count). The second-order valence-electron chi connectivity index (χ2n) is 2.63. The number of rotatable bonds is 3. The van der Waals surface area contributed by atoms with Crippen LogP contribution in [0.3, 0.4) is 0 Å². The van der Waals surface area contributed by atoms with Gasteiger partial charge in [0.05, 0.1) is 6.04 Å². The zero-order chi connectivity index (χ0) is 9.72. The van der Waals surface area contributed by atoms with Crippen molar-refractivity contribution in [3.8, 4) is 0 Å². The number of hydrogen-bond acceptors (Lipinski definition) is 3. The van der Waals surface area contributed by atoms with Gasteiger partial charge in [-0.25, -0.2) is 0 Å². The highest BCUT2D eigenvalue weighted by Gasteiger charge is 2.15. The van der Waals surface area contributed by atoms with Gasteiger partial charge < -0.3 is 16.4 Å². The van der Waals surface area contributed by atoms with Crippen LogP contribution in [0, 0.1) is 0 Å². The van der Waals surface area contributed by atoms with Crippen molar-refractivity contribution in [2.45, 2.75) is 25.9 Å². The van der Waals surface area contributed by atoms with Crippen molar-refractivity contribution < 1.29 is 9.59 Å². The van der Waals surface area contributed by atoms with Crippen LogP contribution in [0.4, 0.5) is 0 Å². The molecule has 0 spiro atoms. The summed E-state index contributed by atoms with van der Waals surface area (Å²) in [5.41, 5.74) is 5.28. The van der Waals surface area contributed by atoms with E-state index >= 15 is 0 Å². The Labute approximate surface area is 71.7 Å². The Morgan fingerprint density at radius 3 is 2.08 bits per heavy atom. The average Bonchev–Trinajstić information content (AvgIpc) is 2.02. The summed E-state index contributed by atoms with van der Waals surface area (Å²) in [4.78, 5) is 21.9. The molecule has 5 nitrogen and oxygen atoms in total. The molecule has 4 N–H and O–H groups in total. The molecule has 5 heteroatoms. The van der Waals surface area contributed by atoms with Crippen molar-refractivity contribution in [2.24, 2.45) is 5.73 Å². The van der Waals surface area contributed by atoms with Crippen LogP contribution in [-0.4, -0.2) is 30.9 Å². The van der Waals surface area contributed by atoms with Gasteiger partial charge in [-0.2, -0.15) is 0 Å². The molecule has 0 aromatic rings. The van der Waals surface area contributed by atoms with Crippen molar-refractivity contribution in [1.82, 2.24) is 10.6 Å². The predicted octanol–water partition coefficient (Wildman–Crippen LogP) is -1.42. The predicted molar refractivity (Wildman–Crippen MR) is 45.3 cm³/mol. The van der Waals surface area contributed by atoms with E-state index in [2.05, 4.69) is 10.6 Å². The Balaban J connectivity index is 3.92. The van der Waals surface area contributed by atoms with E-state index in [0.29, 0.717) is 0 Å². The molecule has 2 atom stereocenters. The van der Waals surface area contributed by atoms with Gasteiger partial charge >= 0.3 is 0 Å². The fraction of sp³-hybridized carbons (Fsp3) is 0.714. The Morgan fingerprint density at radius 1 is 1.25 bits per heavy atom. The molecule has 0 aliphatic carbocycles. The highest BCUT2D eigenvalue weighted by molar-refractivity contribution is 5.88. The smallest absolute Gasteiger partial charge is 0.242 e. The summed E-state index contributed by atoms with van der Waals surface area (Å²) >= 11 is 0. The normalized spacial score (nSPS) is 14.7. The summed E-state index contributed by atoms with van der Waals surface area (Å²) in [6.45, 7) is 3.16. The van der Waals surface area contributed by atoms with Crippen LogP contribution in [-0.2, 0) is 9.59 Å². The van der Waals surface area contributed by atoms with Gasteiger partial charge in [0.15, 0.2) is 0 Å². The quantitative estimate of drug-likeness (QED) is 0.490. The maximum Gasteiger partial charge on any atom is 0.242 e. The lowest BCUT2D eigenvalue weighted by Gasteiger charge is -2.13. The molecule has 0 aliphatic rings. The molecule has 0 saturated carbocycles. The molecular weight excluding hydrogens is 158 g/mol. The molecule has 0 saturated heterocycles. The van der Waals surface area contributed by atoms with Gasteiger partial charge in [0.25, 0.3) is 0 Å². The van der Waals surface area contributed by atoms with Gasteiger partial charge in [-0.05, 0) is 13.8 Å². The molecule has 2 amide bonds. The second-order valence-corrected chi connectivity index (χ2v) is 2.63. The molecule has 0 bridgehead atoms. The van der Waals surface area contributed by atoms with Gasteiger partial charge in [-0.3, -0.25) is 9.59 Å². The first kappa shape index (κ1) is 10.9. The Morgan fingerprint density at radius 2 is 1.75 bits per heavy atom. The first-order valence-electron chi connectivity index (χ1n) is 3.76. The molecule has 0 fully saturated rings. The van der Waals surface area contributed by atoms with Gasteiger partial charge in [0, 0.05) is 7.05 Å². The van der Waals surface area contributed by atoms with Crippen molar-refractivity contribution >= 4 is 11.8 Å². The molecule has 1 unspecified atom stereocenters. The summed E-state index contributed by atoms with van der Waals surface area (Å²) in [5, 5.41) is 4.87. The third-order valence-electron chi connectivity index (χ3n) is 1.41. The van der Waals surface area contributed by atoms with Gasteiger partial charge in [0.2, 0.25) is 11.8 Å². The molecule has 0 aromatic carbocycles. The summed E-state index contributed by atoms with van der Waals surface area (Å²) < 4.78 is 0. The van der Waals surface area contributed by atoms with E-state index in [1.165, 1.54) is 7.05 Å². The Bertz CT molecular complexity index is 179. The highest BCUT2D eigenvalue weighted by Crippen LogP contribution is 1.83. The van der Waals surface area contributed by atoms with Crippen molar-refractivity contribution in [1.29, 1.82) is 0 Å². The number of likely N-dealkylation sites (N-methyl/N-ethyl adjacent to an activating group) is 1. The van der Waals surface area contributed by atoms with E-state index in [9.17, 15) is 9.59 Å². The summed E-state index contributed by atoms with van der Waals surface area (Å²) in [5.74, 6) is -0.560. The van der Waals surface area contributed by atoms with Crippen molar-refractivity contribution in [2.75, 3.05) is 7.05 Å². The van der Waals surface area contributed by atoms with Crippen LogP contribution in [0.2, 0.25) is 0 Å². The molecule has 70 valence electrons. The number of nitrogens with two attached hydrogens (primary N) is 1. The van der Waals surface area contributed by atoms with Crippen LogP contribution >= 0.6 is 0 Å². The number of nitrogens with one attached hydrogen (secondary N) is 2. The molecule has 0 heterocycles. The van der Waals surface area contributed by atoms with Crippen LogP contribution < -0.4 is 16.4 Å². The minimum Gasteiger partial charge on any atom is -0.357 e. The van der Waals surface area contributed by atoms with Crippen LogP contribution in [0.25, 0.3) is 0 Å². The fourth-order valence-electron chi connectivity index (χ4n) is 0.627. The molecule has 12 heavy (non-hydrogen) atoms. The summed E-state index contributed by atoms with van der Waals surface area (Å²) in [6.07, 6.45) is 0. The Kier molecular flexibility index (Phi) is 4.28. The molecule has 0 aromatic heterocycles. The lowest BCUT2D eigenvalue weighted by molar-refractivity contribution is -0.128. The number of carbonyl (C=O) groups is 2. The van der Waals surface area contributed by atoms with E-state index < -0.39 is 12.1 Å². The summed E-state index contributed by atoms with van der Waals surface area (Å²) in [6, 6.07) is -1.12. The van der Waals surface area contributed by atoms with Gasteiger partial charge in [-0.15, -0.1) is 0 Å². The maximum atomic E-state index is 11.0. The van der Waals surface area contributed by atoms with Crippen LogP contribution in [0.1, 0.15) is 13.8 Å². The van der Waals surface area contributed by atoms with E-state index in [1.807, 2.05) is 0 Å². The zero-order valence-corrected chi connectivity index (χ0v) is 7.55. The largest absolute Gasteiger partial charge is 0.357 e. The first-order chi connectivity index (χ1) is 5.49. The van der Waals surface area contributed by atoms with E-state index in [4.69, 9.17) is 5.73 Å². The standard InChI is InChI=1S/C7H15N3O2/c1-4(8)6(11)10-5(2)7(12)9-3/h4-5H,8H2,1-3H3,(H,9,12)(H,10,11)/t4-,5?/m1/s1. The fourth-order valence-corrected chi connectivity index (χ4v) is 0.627. The van der Waals surface area contributed by atoms with Crippen molar-refractivity contribution in [3.05, 3.63) is 0 Å². The van der Waals surface area contributed by atoms with Crippen molar-refractivity contribution in [3.63, 3.8) is 0 Å². The number of hydrogen-bond donors (Lipinski definition) is 3. The van der Waals surface area contributed by atoms with Gasteiger partial charge in [0.1, 0.15) is 6.04 Å². The molecule has 0 aliphatic heterocycles. The van der Waals surface area contributed by atoms with Crippen LogP contribution in [0.5, 0.6) is 0 Å². The number of carbonyl (C=O) groups excluding carboxylic acids is 2. The minimum atomic E-state index is -0.586. The maximum absolute atomic E-state index is 11.0. The van der Waals surface area contributed by atoms with E-state index in [0.717, 1.165) is 0 Å². The molecule has 0 radical (unpaired) electrons. The highest BCUT2D eigenvalue weighted by atomic mass is 16.2. The first-order valence-corrected chi connectivity index (χ1v) is 3.76.